The molecule has 15 heavy (non-hydrogen) atoms. The van der Waals surface area contributed by atoms with Crippen molar-refractivity contribution < 1.29 is 9.53 Å². The first kappa shape index (κ1) is 12.1. The van der Waals surface area contributed by atoms with Gasteiger partial charge in [-0.25, -0.2) is 4.98 Å². The highest BCUT2D eigenvalue weighted by molar-refractivity contribution is 9.10. The van der Waals surface area contributed by atoms with Gasteiger partial charge in [-0.2, -0.15) is 0 Å². The average Bonchev–Trinajstić information content (AvgIpc) is 2.25. The Hall–Kier alpha value is -0.940. The maximum atomic E-state index is 11.6. The second-order valence-electron chi connectivity index (χ2n) is 2.79. The Balaban J connectivity index is 2.44. The van der Waals surface area contributed by atoms with Crippen molar-refractivity contribution in [3.63, 3.8) is 0 Å². The Morgan fingerprint density at radius 1 is 1.67 bits per heavy atom. The lowest BCUT2D eigenvalue weighted by atomic mass is 10.3. The molecule has 1 aromatic rings. The van der Waals surface area contributed by atoms with E-state index >= 15 is 0 Å². The lowest BCUT2D eigenvalue weighted by Crippen LogP contribution is -2.27. The van der Waals surface area contributed by atoms with E-state index in [1.807, 2.05) is 6.92 Å². The van der Waals surface area contributed by atoms with Crippen molar-refractivity contribution in [2.24, 2.45) is 0 Å². The molecule has 5 heteroatoms. The number of hydrogen-bond acceptors (Lipinski definition) is 3. The molecule has 0 saturated carbocycles. The van der Waals surface area contributed by atoms with Gasteiger partial charge in [-0.3, -0.25) is 4.79 Å². The maximum absolute atomic E-state index is 11.6. The molecule has 0 radical (unpaired) electrons. The summed E-state index contributed by atoms with van der Waals surface area (Å²) < 4.78 is 5.66. The number of halogens is 1. The summed E-state index contributed by atoms with van der Waals surface area (Å²) in [4.78, 5) is 15.6. The SMILES string of the molecule is CCOCCNC(=O)c1cccnc1Br. The van der Waals surface area contributed by atoms with Crippen LogP contribution in [0.2, 0.25) is 0 Å². The number of hydrogen-bond donors (Lipinski definition) is 1. The van der Waals surface area contributed by atoms with E-state index in [4.69, 9.17) is 4.74 Å². The van der Waals surface area contributed by atoms with Crippen molar-refractivity contribution in [3.05, 3.63) is 28.5 Å². The number of carbonyl (C=O) groups excluding carboxylic acids is 1. The van der Waals surface area contributed by atoms with E-state index in [0.29, 0.717) is 29.9 Å². The van der Waals surface area contributed by atoms with Crippen LogP contribution in [-0.2, 0) is 4.74 Å². The molecule has 0 bridgehead atoms. The van der Waals surface area contributed by atoms with Gasteiger partial charge in [0, 0.05) is 19.3 Å². The molecular weight excluding hydrogens is 260 g/mol. The standard InChI is InChI=1S/C10H13BrN2O2/c1-2-15-7-6-13-10(14)8-4-3-5-12-9(8)11/h3-5H,2,6-7H2,1H3,(H,13,14). The van der Waals surface area contributed by atoms with Gasteiger partial charge in [-0.15, -0.1) is 0 Å². The number of ether oxygens (including phenoxy) is 1. The van der Waals surface area contributed by atoms with Crippen molar-refractivity contribution >= 4 is 21.8 Å². The minimum atomic E-state index is -0.144. The van der Waals surface area contributed by atoms with Crippen LogP contribution in [0.3, 0.4) is 0 Å². The summed E-state index contributed by atoms with van der Waals surface area (Å²) in [5, 5.41) is 2.74. The fourth-order valence-corrected chi connectivity index (χ4v) is 1.46. The zero-order chi connectivity index (χ0) is 11.1. The van der Waals surface area contributed by atoms with Crippen molar-refractivity contribution in [2.75, 3.05) is 19.8 Å². The highest BCUT2D eigenvalue weighted by atomic mass is 79.9. The predicted octanol–water partition coefficient (Wildman–Crippen LogP) is 1.61. The first-order chi connectivity index (χ1) is 7.25. The molecule has 1 aromatic heterocycles. The number of pyridine rings is 1. The Kier molecular flexibility index (Phi) is 5.28. The minimum Gasteiger partial charge on any atom is -0.380 e. The van der Waals surface area contributed by atoms with Crippen molar-refractivity contribution in [1.82, 2.24) is 10.3 Å². The molecule has 0 unspecified atom stereocenters. The fraction of sp³-hybridized carbons (Fsp3) is 0.400. The Morgan fingerprint density at radius 2 is 2.47 bits per heavy atom. The molecule has 0 aliphatic heterocycles. The van der Waals surface area contributed by atoms with Crippen LogP contribution in [0.25, 0.3) is 0 Å². The second-order valence-corrected chi connectivity index (χ2v) is 3.55. The first-order valence-corrected chi connectivity index (χ1v) is 5.51. The third-order valence-corrected chi connectivity index (χ3v) is 2.37. The quantitative estimate of drug-likeness (QED) is 0.655. The van der Waals surface area contributed by atoms with Crippen LogP contribution < -0.4 is 5.32 Å². The van der Waals surface area contributed by atoms with Crippen molar-refractivity contribution in [3.8, 4) is 0 Å². The van der Waals surface area contributed by atoms with E-state index in [9.17, 15) is 4.79 Å². The van der Waals surface area contributed by atoms with Gasteiger partial charge in [0.15, 0.2) is 0 Å². The molecule has 0 aromatic carbocycles. The molecule has 1 heterocycles. The van der Waals surface area contributed by atoms with Gasteiger partial charge in [-0.1, -0.05) is 0 Å². The molecule has 0 aliphatic rings. The summed E-state index contributed by atoms with van der Waals surface area (Å²) in [6.45, 7) is 3.61. The largest absolute Gasteiger partial charge is 0.380 e. The normalized spacial score (nSPS) is 10.0. The van der Waals surface area contributed by atoms with Gasteiger partial charge in [-0.05, 0) is 35.0 Å². The summed E-state index contributed by atoms with van der Waals surface area (Å²) in [7, 11) is 0. The monoisotopic (exact) mass is 272 g/mol. The molecule has 0 fully saturated rings. The van der Waals surface area contributed by atoms with Gasteiger partial charge in [0.1, 0.15) is 4.60 Å². The van der Waals surface area contributed by atoms with E-state index in [0.717, 1.165) is 0 Å². The third-order valence-electron chi connectivity index (χ3n) is 1.74. The Bertz CT molecular complexity index is 331. The smallest absolute Gasteiger partial charge is 0.254 e. The molecule has 82 valence electrons. The summed E-state index contributed by atoms with van der Waals surface area (Å²) in [5.74, 6) is -0.144. The zero-order valence-corrected chi connectivity index (χ0v) is 10.1. The highest BCUT2D eigenvalue weighted by Crippen LogP contribution is 2.11. The molecule has 0 aliphatic carbocycles. The maximum Gasteiger partial charge on any atom is 0.254 e. The Morgan fingerprint density at radius 3 is 3.13 bits per heavy atom. The molecule has 1 rings (SSSR count). The van der Waals surface area contributed by atoms with E-state index in [-0.39, 0.29) is 5.91 Å². The molecule has 1 amide bonds. The zero-order valence-electron chi connectivity index (χ0n) is 8.50. The molecule has 0 saturated heterocycles. The van der Waals surface area contributed by atoms with E-state index < -0.39 is 0 Å². The second kappa shape index (κ2) is 6.53. The third kappa shape index (κ3) is 3.97. The van der Waals surface area contributed by atoms with Crippen LogP contribution in [-0.4, -0.2) is 30.6 Å². The lowest BCUT2D eigenvalue weighted by molar-refractivity contribution is 0.0921. The van der Waals surface area contributed by atoms with Gasteiger partial charge in [0.2, 0.25) is 0 Å². The number of carbonyl (C=O) groups is 1. The average molecular weight is 273 g/mol. The Labute approximate surface area is 97.2 Å². The van der Waals surface area contributed by atoms with Crippen LogP contribution >= 0.6 is 15.9 Å². The van der Waals surface area contributed by atoms with Crippen LogP contribution in [0, 0.1) is 0 Å². The summed E-state index contributed by atoms with van der Waals surface area (Å²) in [6.07, 6.45) is 1.63. The highest BCUT2D eigenvalue weighted by Gasteiger charge is 2.08. The van der Waals surface area contributed by atoms with Crippen molar-refractivity contribution in [2.45, 2.75) is 6.92 Å². The fourth-order valence-electron chi connectivity index (χ4n) is 1.03. The summed E-state index contributed by atoms with van der Waals surface area (Å²) in [6, 6.07) is 3.44. The van der Waals surface area contributed by atoms with Crippen LogP contribution in [0.5, 0.6) is 0 Å². The number of nitrogens with zero attached hydrogens (tertiary/aromatic N) is 1. The van der Waals surface area contributed by atoms with Gasteiger partial charge in [0.25, 0.3) is 5.91 Å². The number of rotatable bonds is 5. The first-order valence-electron chi connectivity index (χ1n) is 4.72. The topological polar surface area (TPSA) is 51.2 Å². The molecular formula is C10H13BrN2O2. The summed E-state index contributed by atoms with van der Waals surface area (Å²) >= 11 is 3.22. The number of aromatic nitrogens is 1. The predicted molar refractivity (Wildman–Crippen MR) is 60.8 cm³/mol. The number of amides is 1. The van der Waals surface area contributed by atoms with Crippen LogP contribution in [0.15, 0.2) is 22.9 Å². The number of nitrogens with one attached hydrogen (secondary N) is 1. The van der Waals surface area contributed by atoms with Gasteiger partial charge < -0.3 is 10.1 Å². The van der Waals surface area contributed by atoms with Crippen molar-refractivity contribution in [1.29, 1.82) is 0 Å². The summed E-state index contributed by atoms with van der Waals surface area (Å²) in [5.41, 5.74) is 0.536. The van der Waals surface area contributed by atoms with E-state index in [1.54, 1.807) is 18.3 Å². The molecule has 0 atom stereocenters. The molecule has 1 N–H and O–H groups in total. The minimum absolute atomic E-state index is 0.144. The molecule has 4 nitrogen and oxygen atoms in total. The van der Waals surface area contributed by atoms with Crippen LogP contribution in [0.4, 0.5) is 0 Å². The molecule has 0 spiro atoms. The van der Waals surface area contributed by atoms with E-state index in [2.05, 4.69) is 26.2 Å². The van der Waals surface area contributed by atoms with E-state index in [1.165, 1.54) is 0 Å². The lowest BCUT2D eigenvalue weighted by Gasteiger charge is -2.05. The van der Waals surface area contributed by atoms with Gasteiger partial charge in [0.05, 0.1) is 12.2 Å². The van der Waals surface area contributed by atoms with Crippen LogP contribution in [0.1, 0.15) is 17.3 Å². The van der Waals surface area contributed by atoms with Gasteiger partial charge >= 0.3 is 0 Å².